The van der Waals surface area contributed by atoms with Crippen molar-refractivity contribution in [1.29, 1.82) is 0 Å². The zero-order valence-corrected chi connectivity index (χ0v) is 9.36. The van der Waals surface area contributed by atoms with Crippen molar-refractivity contribution >= 4 is 11.8 Å². The molecule has 0 saturated heterocycles. The minimum Gasteiger partial charge on any atom is -0.496 e. The first kappa shape index (κ1) is 12.2. The standard InChI is InChI=1S/C12H14O4/c1-9(13)16-8-11(14)7-10-5-3-4-6-12(10)15-2/h3-6H,7-8H2,1-2H3. The first-order valence-electron chi connectivity index (χ1n) is 4.90. The van der Waals surface area contributed by atoms with Crippen LogP contribution in [0.5, 0.6) is 5.75 Å². The van der Waals surface area contributed by atoms with E-state index in [0.717, 1.165) is 5.56 Å². The van der Waals surface area contributed by atoms with E-state index in [0.29, 0.717) is 5.75 Å². The molecule has 0 spiro atoms. The number of esters is 1. The Bertz CT molecular complexity index is 384. The molecule has 0 N–H and O–H groups in total. The van der Waals surface area contributed by atoms with Crippen LogP contribution < -0.4 is 4.74 Å². The zero-order chi connectivity index (χ0) is 12.0. The average Bonchev–Trinajstić information content (AvgIpc) is 2.27. The maximum absolute atomic E-state index is 11.5. The van der Waals surface area contributed by atoms with E-state index in [1.54, 1.807) is 13.2 Å². The van der Waals surface area contributed by atoms with E-state index in [1.807, 2.05) is 18.2 Å². The van der Waals surface area contributed by atoms with Crippen molar-refractivity contribution in [1.82, 2.24) is 0 Å². The molecule has 86 valence electrons. The quantitative estimate of drug-likeness (QED) is 0.706. The van der Waals surface area contributed by atoms with Gasteiger partial charge in [0.2, 0.25) is 0 Å². The summed E-state index contributed by atoms with van der Waals surface area (Å²) in [5, 5.41) is 0. The lowest BCUT2D eigenvalue weighted by molar-refractivity contribution is -0.145. The van der Waals surface area contributed by atoms with Gasteiger partial charge in [0.05, 0.1) is 7.11 Å². The number of carbonyl (C=O) groups excluding carboxylic acids is 2. The van der Waals surface area contributed by atoms with Gasteiger partial charge in [0.15, 0.2) is 5.78 Å². The second kappa shape index (κ2) is 5.90. The van der Waals surface area contributed by atoms with E-state index in [1.165, 1.54) is 6.92 Å². The van der Waals surface area contributed by atoms with Crippen LogP contribution in [0.25, 0.3) is 0 Å². The van der Waals surface area contributed by atoms with Gasteiger partial charge in [-0.05, 0) is 6.07 Å². The monoisotopic (exact) mass is 222 g/mol. The van der Waals surface area contributed by atoms with E-state index < -0.39 is 5.97 Å². The molecule has 0 fully saturated rings. The van der Waals surface area contributed by atoms with Crippen molar-refractivity contribution in [3.63, 3.8) is 0 Å². The Hall–Kier alpha value is -1.84. The fraction of sp³-hybridized carbons (Fsp3) is 0.333. The van der Waals surface area contributed by atoms with Crippen molar-refractivity contribution in [2.75, 3.05) is 13.7 Å². The first-order valence-corrected chi connectivity index (χ1v) is 4.90. The number of Topliss-reactive ketones (excluding diaryl/α,β-unsaturated/α-hetero) is 1. The summed E-state index contributed by atoms with van der Waals surface area (Å²) in [7, 11) is 1.55. The summed E-state index contributed by atoms with van der Waals surface area (Å²) in [6.45, 7) is 1.09. The number of ketones is 1. The number of hydrogen-bond acceptors (Lipinski definition) is 4. The number of para-hydroxylation sites is 1. The molecule has 0 aliphatic carbocycles. The zero-order valence-electron chi connectivity index (χ0n) is 9.36. The highest BCUT2D eigenvalue weighted by molar-refractivity contribution is 5.84. The molecule has 0 unspecified atom stereocenters. The predicted molar refractivity (Wildman–Crippen MR) is 58.3 cm³/mol. The summed E-state index contributed by atoms with van der Waals surface area (Å²) >= 11 is 0. The van der Waals surface area contributed by atoms with Gasteiger partial charge in [-0.3, -0.25) is 9.59 Å². The first-order chi connectivity index (χ1) is 7.63. The van der Waals surface area contributed by atoms with E-state index >= 15 is 0 Å². The maximum Gasteiger partial charge on any atom is 0.303 e. The highest BCUT2D eigenvalue weighted by Crippen LogP contribution is 2.17. The number of methoxy groups -OCH3 is 1. The normalized spacial score (nSPS) is 9.62. The summed E-state index contributed by atoms with van der Waals surface area (Å²) in [6.07, 6.45) is 0.206. The molecule has 0 aliphatic heterocycles. The third kappa shape index (κ3) is 3.73. The Morgan fingerprint density at radius 3 is 2.56 bits per heavy atom. The van der Waals surface area contributed by atoms with Crippen LogP contribution in [0.1, 0.15) is 12.5 Å². The van der Waals surface area contributed by atoms with Crippen LogP contribution in [-0.2, 0) is 20.7 Å². The topological polar surface area (TPSA) is 52.6 Å². The van der Waals surface area contributed by atoms with Crippen molar-refractivity contribution in [2.45, 2.75) is 13.3 Å². The van der Waals surface area contributed by atoms with E-state index in [9.17, 15) is 9.59 Å². The van der Waals surface area contributed by atoms with Crippen LogP contribution >= 0.6 is 0 Å². The van der Waals surface area contributed by atoms with Crippen LogP contribution in [0.3, 0.4) is 0 Å². The van der Waals surface area contributed by atoms with Crippen LogP contribution in [-0.4, -0.2) is 25.5 Å². The van der Waals surface area contributed by atoms with E-state index in [4.69, 9.17) is 4.74 Å². The minimum atomic E-state index is -0.451. The predicted octanol–water partition coefficient (Wildman–Crippen LogP) is 1.37. The largest absolute Gasteiger partial charge is 0.496 e. The summed E-state index contributed by atoms with van der Waals surface area (Å²) in [5.74, 6) is 0.0618. The Balaban J connectivity index is 2.58. The summed E-state index contributed by atoms with van der Waals surface area (Å²) < 4.78 is 9.73. The van der Waals surface area contributed by atoms with Gasteiger partial charge in [-0.2, -0.15) is 0 Å². The highest BCUT2D eigenvalue weighted by Gasteiger charge is 2.09. The molecule has 0 bridgehead atoms. The Labute approximate surface area is 94.2 Å². The van der Waals surface area contributed by atoms with Crippen LogP contribution in [0.2, 0.25) is 0 Å². The molecule has 0 amide bonds. The summed E-state index contributed by atoms with van der Waals surface area (Å²) in [4.78, 5) is 22.0. The molecule has 1 rings (SSSR count). The lowest BCUT2D eigenvalue weighted by Crippen LogP contribution is -2.14. The van der Waals surface area contributed by atoms with Crippen LogP contribution in [0, 0.1) is 0 Å². The van der Waals surface area contributed by atoms with E-state index in [-0.39, 0.29) is 18.8 Å². The Morgan fingerprint density at radius 1 is 1.25 bits per heavy atom. The summed E-state index contributed by atoms with van der Waals surface area (Å²) in [6, 6.07) is 7.26. The van der Waals surface area contributed by atoms with Gasteiger partial charge in [-0.25, -0.2) is 0 Å². The van der Waals surface area contributed by atoms with Crippen molar-refractivity contribution in [2.24, 2.45) is 0 Å². The molecule has 0 radical (unpaired) electrons. The van der Waals surface area contributed by atoms with Crippen molar-refractivity contribution < 1.29 is 19.1 Å². The van der Waals surface area contributed by atoms with E-state index in [2.05, 4.69) is 4.74 Å². The molecule has 1 aromatic rings. The van der Waals surface area contributed by atoms with Gasteiger partial charge in [0.25, 0.3) is 0 Å². The molecule has 0 saturated carbocycles. The third-order valence-corrected chi connectivity index (χ3v) is 2.02. The maximum atomic E-state index is 11.5. The van der Waals surface area contributed by atoms with Crippen molar-refractivity contribution in [3.8, 4) is 5.75 Å². The van der Waals surface area contributed by atoms with Gasteiger partial charge >= 0.3 is 5.97 Å². The second-order valence-electron chi connectivity index (χ2n) is 3.31. The average molecular weight is 222 g/mol. The molecule has 0 atom stereocenters. The molecule has 4 heteroatoms. The smallest absolute Gasteiger partial charge is 0.303 e. The van der Waals surface area contributed by atoms with Gasteiger partial charge in [-0.15, -0.1) is 0 Å². The van der Waals surface area contributed by atoms with Gasteiger partial charge in [0.1, 0.15) is 12.4 Å². The molecule has 0 aliphatic rings. The molecular formula is C12H14O4. The highest BCUT2D eigenvalue weighted by atomic mass is 16.5. The molecule has 0 heterocycles. The van der Waals surface area contributed by atoms with Gasteiger partial charge in [-0.1, -0.05) is 18.2 Å². The third-order valence-electron chi connectivity index (χ3n) is 2.02. The van der Waals surface area contributed by atoms with Gasteiger partial charge < -0.3 is 9.47 Å². The fourth-order valence-corrected chi connectivity index (χ4v) is 1.29. The number of carbonyl (C=O) groups is 2. The molecule has 16 heavy (non-hydrogen) atoms. The second-order valence-corrected chi connectivity index (χ2v) is 3.31. The van der Waals surface area contributed by atoms with Crippen LogP contribution in [0.15, 0.2) is 24.3 Å². The molecular weight excluding hydrogens is 208 g/mol. The fourth-order valence-electron chi connectivity index (χ4n) is 1.29. The van der Waals surface area contributed by atoms with Crippen LogP contribution in [0.4, 0.5) is 0 Å². The number of rotatable bonds is 5. The number of hydrogen-bond donors (Lipinski definition) is 0. The number of benzene rings is 1. The minimum absolute atomic E-state index is 0.153. The lowest BCUT2D eigenvalue weighted by atomic mass is 10.1. The molecule has 4 nitrogen and oxygen atoms in total. The molecule has 1 aromatic carbocycles. The molecule has 0 aromatic heterocycles. The summed E-state index contributed by atoms with van der Waals surface area (Å²) in [5.41, 5.74) is 0.794. The Morgan fingerprint density at radius 2 is 1.94 bits per heavy atom. The number of ether oxygens (including phenoxy) is 2. The SMILES string of the molecule is COc1ccccc1CC(=O)COC(C)=O. The van der Waals surface area contributed by atoms with Crippen molar-refractivity contribution in [3.05, 3.63) is 29.8 Å². The lowest BCUT2D eigenvalue weighted by Gasteiger charge is -2.07. The Kier molecular flexibility index (Phi) is 4.51. The van der Waals surface area contributed by atoms with Gasteiger partial charge in [0, 0.05) is 18.9 Å².